The van der Waals surface area contributed by atoms with Crippen molar-refractivity contribution < 1.29 is 14.6 Å². The van der Waals surface area contributed by atoms with Crippen LogP contribution in [0.5, 0.6) is 5.75 Å². The van der Waals surface area contributed by atoms with Crippen molar-refractivity contribution in [1.82, 2.24) is 5.32 Å². The van der Waals surface area contributed by atoms with Gasteiger partial charge in [-0.25, -0.2) is 0 Å². The molecule has 0 aliphatic carbocycles. The Morgan fingerprint density at radius 3 is 2.50 bits per heavy atom. The van der Waals surface area contributed by atoms with Crippen LogP contribution in [-0.4, -0.2) is 29.8 Å². The minimum absolute atomic E-state index is 0.101. The number of aliphatic hydroxyl groups is 1. The summed E-state index contributed by atoms with van der Waals surface area (Å²) in [6.07, 6.45) is 1.32. The maximum Gasteiger partial charge on any atom is 0.258 e. The monoisotopic (exact) mass is 347 g/mol. The molecular formula is C19H22ClNO3. The first-order valence-electron chi connectivity index (χ1n) is 7.86. The zero-order chi connectivity index (χ0) is 17.4. The minimum Gasteiger partial charge on any atom is -0.484 e. The van der Waals surface area contributed by atoms with Gasteiger partial charge in [0.2, 0.25) is 0 Å². The van der Waals surface area contributed by atoms with E-state index in [9.17, 15) is 9.90 Å². The van der Waals surface area contributed by atoms with Crippen LogP contribution in [0.4, 0.5) is 0 Å². The molecule has 5 heteroatoms. The molecule has 1 amide bonds. The molecule has 0 aliphatic rings. The summed E-state index contributed by atoms with van der Waals surface area (Å²) in [5.74, 6) is 0.301. The Hall–Kier alpha value is -2.04. The molecule has 1 atom stereocenters. The fourth-order valence-corrected chi connectivity index (χ4v) is 2.29. The number of hydrogen-bond acceptors (Lipinski definition) is 3. The van der Waals surface area contributed by atoms with Gasteiger partial charge in [-0.05, 0) is 49.6 Å². The fourth-order valence-electron chi connectivity index (χ4n) is 2.17. The van der Waals surface area contributed by atoms with E-state index in [-0.39, 0.29) is 19.1 Å². The van der Waals surface area contributed by atoms with Crippen LogP contribution in [0, 0.1) is 0 Å². The number of nitrogens with one attached hydrogen (secondary N) is 1. The third kappa shape index (κ3) is 6.60. The summed E-state index contributed by atoms with van der Waals surface area (Å²) in [5.41, 5.74) is 0.196. The first kappa shape index (κ1) is 18.3. The third-order valence-corrected chi connectivity index (χ3v) is 3.90. The molecule has 2 aromatic carbocycles. The number of ether oxygens (including phenoxy) is 1. The van der Waals surface area contributed by atoms with Crippen LogP contribution in [0.15, 0.2) is 54.6 Å². The van der Waals surface area contributed by atoms with E-state index in [0.717, 1.165) is 12.0 Å². The molecule has 0 aliphatic heterocycles. The second kappa shape index (κ2) is 8.71. The van der Waals surface area contributed by atoms with Crippen LogP contribution < -0.4 is 10.1 Å². The molecule has 0 spiro atoms. The number of carbonyl (C=O) groups excluding carboxylic acids is 1. The summed E-state index contributed by atoms with van der Waals surface area (Å²) < 4.78 is 5.36. The average Bonchev–Trinajstić information content (AvgIpc) is 2.59. The van der Waals surface area contributed by atoms with Crippen molar-refractivity contribution in [2.45, 2.75) is 25.4 Å². The summed E-state index contributed by atoms with van der Waals surface area (Å²) in [7, 11) is 0. The molecule has 2 N–H and O–H groups in total. The molecule has 2 aromatic rings. The second-order valence-corrected chi connectivity index (χ2v) is 6.44. The Morgan fingerprint density at radius 1 is 1.17 bits per heavy atom. The lowest BCUT2D eigenvalue weighted by atomic mass is 9.97. The fraction of sp³-hybridized carbons (Fsp3) is 0.316. The van der Waals surface area contributed by atoms with Crippen LogP contribution in [0.3, 0.4) is 0 Å². The zero-order valence-electron chi connectivity index (χ0n) is 13.7. The van der Waals surface area contributed by atoms with E-state index in [0.29, 0.717) is 17.2 Å². The summed E-state index contributed by atoms with van der Waals surface area (Å²) in [6.45, 7) is 1.80. The molecule has 0 heterocycles. The predicted octanol–water partition coefficient (Wildman–Crippen LogP) is 3.22. The SMILES string of the molecule is C[C@](O)(CCc1ccccc1)CNC(=O)COc1ccc(Cl)cc1. The van der Waals surface area contributed by atoms with E-state index in [1.807, 2.05) is 30.3 Å². The molecule has 0 saturated heterocycles. The molecule has 2 rings (SSSR count). The van der Waals surface area contributed by atoms with Crippen molar-refractivity contribution in [3.8, 4) is 5.75 Å². The maximum absolute atomic E-state index is 11.8. The van der Waals surface area contributed by atoms with Gasteiger partial charge < -0.3 is 15.2 Å². The molecule has 0 bridgehead atoms. The van der Waals surface area contributed by atoms with Crippen molar-refractivity contribution in [1.29, 1.82) is 0 Å². The highest BCUT2D eigenvalue weighted by Gasteiger charge is 2.21. The number of amides is 1. The Balaban J connectivity index is 1.70. The molecule has 0 saturated carbocycles. The molecule has 0 unspecified atom stereocenters. The van der Waals surface area contributed by atoms with Gasteiger partial charge in [-0.1, -0.05) is 41.9 Å². The van der Waals surface area contributed by atoms with Gasteiger partial charge in [0.05, 0.1) is 5.60 Å². The van der Waals surface area contributed by atoms with Gasteiger partial charge in [0.25, 0.3) is 5.91 Å². The van der Waals surface area contributed by atoms with E-state index in [1.165, 1.54) is 0 Å². The zero-order valence-corrected chi connectivity index (χ0v) is 14.4. The Kier molecular flexibility index (Phi) is 6.64. The number of carbonyl (C=O) groups is 1. The van der Waals surface area contributed by atoms with Crippen LogP contribution in [0.25, 0.3) is 0 Å². The van der Waals surface area contributed by atoms with E-state index in [4.69, 9.17) is 16.3 Å². The van der Waals surface area contributed by atoms with Crippen LogP contribution >= 0.6 is 11.6 Å². The van der Waals surface area contributed by atoms with Gasteiger partial charge >= 0.3 is 0 Å². The van der Waals surface area contributed by atoms with Gasteiger partial charge in [0.1, 0.15) is 5.75 Å². The molecule has 0 radical (unpaired) electrons. The topological polar surface area (TPSA) is 58.6 Å². The minimum atomic E-state index is -0.966. The van der Waals surface area contributed by atoms with E-state index >= 15 is 0 Å². The summed E-state index contributed by atoms with van der Waals surface area (Å²) >= 11 is 5.79. The standard InChI is InChI=1S/C19H22ClNO3/c1-19(23,12-11-15-5-3-2-4-6-15)14-21-18(22)13-24-17-9-7-16(20)8-10-17/h2-10,23H,11-14H2,1H3,(H,21,22)/t19-/m0/s1. The lowest BCUT2D eigenvalue weighted by molar-refractivity contribution is -0.124. The Bertz CT molecular complexity index is 641. The van der Waals surface area contributed by atoms with Crippen molar-refractivity contribution in [3.05, 3.63) is 65.2 Å². The van der Waals surface area contributed by atoms with E-state index < -0.39 is 5.60 Å². The molecule has 0 fully saturated rings. The number of benzene rings is 2. The molecule has 0 aromatic heterocycles. The average molecular weight is 348 g/mol. The maximum atomic E-state index is 11.8. The quantitative estimate of drug-likeness (QED) is 0.770. The normalized spacial score (nSPS) is 13.1. The number of rotatable bonds is 8. The van der Waals surface area contributed by atoms with Gasteiger partial charge in [-0.2, -0.15) is 0 Å². The number of aryl methyl sites for hydroxylation is 1. The Labute approximate surface area is 147 Å². The summed E-state index contributed by atoms with van der Waals surface area (Å²) in [6, 6.07) is 16.7. The van der Waals surface area contributed by atoms with Crippen LogP contribution in [0.2, 0.25) is 5.02 Å². The first-order valence-corrected chi connectivity index (χ1v) is 8.24. The molecule has 4 nitrogen and oxygen atoms in total. The molecule has 24 heavy (non-hydrogen) atoms. The second-order valence-electron chi connectivity index (χ2n) is 6.00. The Morgan fingerprint density at radius 2 is 1.83 bits per heavy atom. The highest BCUT2D eigenvalue weighted by Crippen LogP contribution is 2.15. The largest absolute Gasteiger partial charge is 0.484 e. The van der Waals surface area contributed by atoms with Crippen molar-refractivity contribution in [2.75, 3.05) is 13.2 Å². The summed E-state index contributed by atoms with van der Waals surface area (Å²) in [5, 5.41) is 13.7. The van der Waals surface area contributed by atoms with Gasteiger partial charge in [-0.3, -0.25) is 4.79 Å². The molecule has 128 valence electrons. The lowest BCUT2D eigenvalue weighted by Crippen LogP contribution is -2.42. The highest BCUT2D eigenvalue weighted by atomic mass is 35.5. The van der Waals surface area contributed by atoms with Gasteiger partial charge in [0.15, 0.2) is 6.61 Å². The van der Waals surface area contributed by atoms with Crippen LogP contribution in [-0.2, 0) is 11.2 Å². The molecular weight excluding hydrogens is 326 g/mol. The van der Waals surface area contributed by atoms with E-state index in [2.05, 4.69) is 5.32 Å². The number of halogens is 1. The van der Waals surface area contributed by atoms with Gasteiger partial charge in [-0.15, -0.1) is 0 Å². The smallest absolute Gasteiger partial charge is 0.258 e. The van der Waals surface area contributed by atoms with Gasteiger partial charge in [0, 0.05) is 11.6 Å². The lowest BCUT2D eigenvalue weighted by Gasteiger charge is -2.23. The highest BCUT2D eigenvalue weighted by molar-refractivity contribution is 6.30. The summed E-state index contributed by atoms with van der Waals surface area (Å²) in [4.78, 5) is 11.8. The van der Waals surface area contributed by atoms with Crippen LogP contribution in [0.1, 0.15) is 18.9 Å². The van der Waals surface area contributed by atoms with Crippen molar-refractivity contribution >= 4 is 17.5 Å². The predicted molar refractivity (Wildman–Crippen MR) is 95.3 cm³/mol. The number of hydrogen-bond donors (Lipinski definition) is 2. The third-order valence-electron chi connectivity index (χ3n) is 3.65. The van der Waals surface area contributed by atoms with Crippen molar-refractivity contribution in [2.24, 2.45) is 0 Å². The van der Waals surface area contributed by atoms with Crippen molar-refractivity contribution in [3.63, 3.8) is 0 Å². The van der Waals surface area contributed by atoms with E-state index in [1.54, 1.807) is 31.2 Å². The first-order chi connectivity index (χ1) is 11.4.